The molecule has 2 aromatic carbocycles. The molecule has 1 heterocycles. The molecule has 1 atom stereocenters. The van der Waals surface area contributed by atoms with Crippen LogP contribution in [0.1, 0.15) is 51.8 Å². The smallest absolute Gasteiger partial charge is 0.338 e. The van der Waals surface area contributed by atoms with Gasteiger partial charge in [-0.3, -0.25) is 19.3 Å². The number of esters is 1. The molecule has 0 spiro atoms. The Morgan fingerprint density at radius 1 is 1.00 bits per heavy atom. The van der Waals surface area contributed by atoms with E-state index >= 15 is 0 Å². The summed E-state index contributed by atoms with van der Waals surface area (Å²) in [6, 6.07) is 11.8. The van der Waals surface area contributed by atoms with Gasteiger partial charge in [-0.2, -0.15) is 0 Å². The molecule has 1 N–H and O–H groups in total. The first-order valence-corrected chi connectivity index (χ1v) is 9.40. The lowest BCUT2D eigenvalue weighted by molar-refractivity contribution is -0.121. The van der Waals surface area contributed by atoms with Crippen LogP contribution in [0, 0.1) is 5.92 Å². The first kappa shape index (κ1) is 20.3. The Morgan fingerprint density at radius 3 is 2.17 bits per heavy atom. The molecule has 0 bridgehead atoms. The second-order valence-corrected chi connectivity index (χ2v) is 7.01. The van der Waals surface area contributed by atoms with E-state index in [2.05, 4.69) is 5.32 Å². The minimum Gasteiger partial charge on any atom is -0.462 e. The Morgan fingerprint density at radius 2 is 1.62 bits per heavy atom. The van der Waals surface area contributed by atoms with Crippen molar-refractivity contribution in [3.63, 3.8) is 0 Å². The number of rotatable bonds is 6. The van der Waals surface area contributed by atoms with Crippen LogP contribution in [0.3, 0.4) is 0 Å². The highest BCUT2D eigenvalue weighted by Gasteiger charge is 2.43. The molecular formula is C22H22N2O5. The summed E-state index contributed by atoms with van der Waals surface area (Å²) in [7, 11) is 0. The predicted octanol–water partition coefficient (Wildman–Crippen LogP) is 3.12. The number of nitrogens with zero attached hydrogens (tertiary/aromatic N) is 1. The summed E-state index contributed by atoms with van der Waals surface area (Å²) < 4.78 is 4.97. The van der Waals surface area contributed by atoms with Gasteiger partial charge >= 0.3 is 5.97 Å². The second kappa shape index (κ2) is 8.26. The van der Waals surface area contributed by atoms with Crippen molar-refractivity contribution in [3.05, 3.63) is 65.2 Å². The maximum atomic E-state index is 13.0. The van der Waals surface area contributed by atoms with Gasteiger partial charge < -0.3 is 10.1 Å². The van der Waals surface area contributed by atoms with Crippen molar-refractivity contribution < 1.29 is 23.9 Å². The zero-order valence-corrected chi connectivity index (χ0v) is 16.5. The van der Waals surface area contributed by atoms with Crippen LogP contribution < -0.4 is 5.32 Å². The molecule has 0 saturated carbocycles. The van der Waals surface area contributed by atoms with Crippen LogP contribution in [-0.2, 0) is 9.53 Å². The van der Waals surface area contributed by atoms with Crippen molar-refractivity contribution in [2.75, 3.05) is 11.9 Å². The molecule has 150 valence electrons. The highest BCUT2D eigenvalue weighted by molar-refractivity contribution is 6.23. The third-order valence-corrected chi connectivity index (χ3v) is 4.64. The van der Waals surface area contributed by atoms with Gasteiger partial charge in [-0.15, -0.1) is 0 Å². The molecular weight excluding hydrogens is 372 g/mol. The summed E-state index contributed by atoms with van der Waals surface area (Å²) in [4.78, 5) is 51.5. The maximum Gasteiger partial charge on any atom is 0.338 e. The fourth-order valence-electron chi connectivity index (χ4n) is 3.33. The van der Waals surface area contributed by atoms with Crippen molar-refractivity contribution in [3.8, 4) is 0 Å². The Balaban J connectivity index is 1.85. The molecule has 0 radical (unpaired) electrons. The number of ether oxygens (including phenoxy) is 1. The SMILES string of the molecule is CCOC(=O)c1cccc(NC(=O)C(C(C)C)N2C(=O)c3ccccc3C2=O)c1. The Labute approximate surface area is 168 Å². The van der Waals surface area contributed by atoms with E-state index in [0.29, 0.717) is 22.4 Å². The van der Waals surface area contributed by atoms with E-state index in [4.69, 9.17) is 4.74 Å². The molecule has 7 heteroatoms. The third-order valence-electron chi connectivity index (χ3n) is 4.64. The maximum absolute atomic E-state index is 13.0. The summed E-state index contributed by atoms with van der Waals surface area (Å²) in [6.07, 6.45) is 0. The minimum absolute atomic E-state index is 0.241. The van der Waals surface area contributed by atoms with Crippen LogP contribution in [0.15, 0.2) is 48.5 Å². The molecule has 1 unspecified atom stereocenters. The van der Waals surface area contributed by atoms with Crippen LogP contribution in [0.5, 0.6) is 0 Å². The number of hydrogen-bond donors (Lipinski definition) is 1. The van der Waals surface area contributed by atoms with Crippen molar-refractivity contribution in [1.82, 2.24) is 4.90 Å². The van der Waals surface area contributed by atoms with Gasteiger partial charge in [0.25, 0.3) is 11.8 Å². The van der Waals surface area contributed by atoms with Crippen LogP contribution in [0.25, 0.3) is 0 Å². The van der Waals surface area contributed by atoms with Crippen molar-refractivity contribution in [1.29, 1.82) is 0 Å². The minimum atomic E-state index is -0.992. The zero-order chi connectivity index (χ0) is 21.1. The van der Waals surface area contributed by atoms with E-state index in [-0.39, 0.29) is 12.5 Å². The lowest BCUT2D eigenvalue weighted by atomic mass is 10.0. The van der Waals surface area contributed by atoms with Crippen LogP contribution >= 0.6 is 0 Å². The zero-order valence-electron chi connectivity index (χ0n) is 16.5. The van der Waals surface area contributed by atoms with Gasteiger partial charge in [0.15, 0.2) is 0 Å². The Bertz CT molecular complexity index is 948. The number of carbonyl (C=O) groups excluding carboxylic acids is 4. The number of anilines is 1. The van der Waals surface area contributed by atoms with Gasteiger partial charge in [0.2, 0.25) is 5.91 Å². The largest absolute Gasteiger partial charge is 0.462 e. The molecule has 0 fully saturated rings. The molecule has 29 heavy (non-hydrogen) atoms. The van der Waals surface area contributed by atoms with E-state index < -0.39 is 29.7 Å². The van der Waals surface area contributed by atoms with Gasteiger partial charge in [-0.05, 0) is 43.2 Å². The van der Waals surface area contributed by atoms with E-state index in [0.717, 1.165) is 4.90 Å². The lowest BCUT2D eigenvalue weighted by Crippen LogP contribution is -2.50. The standard InChI is InChI=1S/C22H22N2O5/c1-4-29-22(28)14-8-7-9-15(12-14)23-19(25)18(13(2)3)24-20(26)16-10-5-6-11-17(16)21(24)27/h5-13,18H,4H2,1-3H3,(H,23,25). The average molecular weight is 394 g/mol. The van der Waals surface area contributed by atoms with Crippen molar-refractivity contribution in [2.24, 2.45) is 5.92 Å². The first-order valence-electron chi connectivity index (χ1n) is 9.40. The fourth-order valence-corrected chi connectivity index (χ4v) is 3.33. The number of nitrogens with one attached hydrogen (secondary N) is 1. The lowest BCUT2D eigenvalue weighted by Gasteiger charge is -2.28. The normalized spacial score (nSPS) is 14.0. The van der Waals surface area contributed by atoms with Crippen LogP contribution in [0.4, 0.5) is 5.69 Å². The third kappa shape index (κ3) is 3.89. The average Bonchev–Trinajstić information content (AvgIpc) is 2.94. The topological polar surface area (TPSA) is 92.8 Å². The van der Waals surface area contributed by atoms with E-state index in [1.165, 1.54) is 6.07 Å². The van der Waals surface area contributed by atoms with Gasteiger partial charge in [-0.1, -0.05) is 32.0 Å². The number of imide groups is 1. The number of amides is 3. The summed E-state index contributed by atoms with van der Waals surface area (Å²) in [5, 5.41) is 2.71. The number of hydrogen-bond acceptors (Lipinski definition) is 5. The molecule has 0 aromatic heterocycles. The second-order valence-electron chi connectivity index (χ2n) is 7.01. The van der Waals surface area contributed by atoms with Gasteiger partial charge in [0.1, 0.15) is 6.04 Å². The number of fused-ring (bicyclic) bond motifs is 1. The monoisotopic (exact) mass is 394 g/mol. The molecule has 2 aromatic rings. The highest BCUT2D eigenvalue weighted by atomic mass is 16.5. The molecule has 7 nitrogen and oxygen atoms in total. The summed E-state index contributed by atoms with van der Waals surface area (Å²) in [5.41, 5.74) is 1.26. The molecule has 0 saturated heterocycles. The quantitative estimate of drug-likeness (QED) is 0.600. The molecule has 0 aliphatic carbocycles. The first-order chi connectivity index (χ1) is 13.8. The van der Waals surface area contributed by atoms with E-state index in [9.17, 15) is 19.2 Å². The van der Waals surface area contributed by atoms with Crippen molar-refractivity contribution >= 4 is 29.4 Å². The Kier molecular flexibility index (Phi) is 5.77. The molecule has 1 aliphatic heterocycles. The number of benzene rings is 2. The van der Waals surface area contributed by atoms with Gasteiger partial charge in [0, 0.05) is 5.69 Å². The van der Waals surface area contributed by atoms with Crippen LogP contribution in [0.2, 0.25) is 0 Å². The molecule has 3 amide bonds. The fraction of sp³-hybridized carbons (Fsp3) is 0.273. The van der Waals surface area contributed by atoms with Gasteiger partial charge in [0.05, 0.1) is 23.3 Å². The molecule has 3 rings (SSSR count). The van der Waals surface area contributed by atoms with Crippen molar-refractivity contribution in [2.45, 2.75) is 26.8 Å². The predicted molar refractivity (Wildman–Crippen MR) is 107 cm³/mol. The number of carbonyl (C=O) groups is 4. The Hall–Kier alpha value is -3.48. The van der Waals surface area contributed by atoms with Crippen LogP contribution in [-0.4, -0.2) is 41.2 Å². The summed E-state index contributed by atoms with van der Waals surface area (Å²) in [5.74, 6) is -2.29. The van der Waals surface area contributed by atoms with Gasteiger partial charge in [-0.25, -0.2) is 4.79 Å². The summed E-state index contributed by atoms with van der Waals surface area (Å²) in [6.45, 7) is 5.48. The summed E-state index contributed by atoms with van der Waals surface area (Å²) >= 11 is 0. The molecule has 1 aliphatic rings. The van der Waals surface area contributed by atoms with E-state index in [1.807, 2.05) is 0 Å². The highest BCUT2D eigenvalue weighted by Crippen LogP contribution is 2.28. The van der Waals surface area contributed by atoms with E-state index in [1.54, 1.807) is 63.2 Å².